The number of benzene rings is 2. The molecule has 0 radical (unpaired) electrons. The van der Waals surface area contributed by atoms with Crippen LogP contribution in [-0.2, 0) is 17.6 Å². The first kappa shape index (κ1) is 15.7. The van der Waals surface area contributed by atoms with Gasteiger partial charge in [-0.25, -0.2) is 0 Å². The van der Waals surface area contributed by atoms with Gasteiger partial charge < -0.3 is 4.90 Å². The van der Waals surface area contributed by atoms with Crippen molar-refractivity contribution in [3.8, 4) is 0 Å². The summed E-state index contributed by atoms with van der Waals surface area (Å²) in [5, 5.41) is 10.7. The Hall–Kier alpha value is -2.21. The number of amides is 1. The Labute approximate surface area is 142 Å². The zero-order valence-electron chi connectivity index (χ0n) is 12.4. The lowest BCUT2D eigenvalue weighted by molar-refractivity contribution is -0.384. The average Bonchev–Trinajstić information content (AvgIpc) is 2.54. The summed E-state index contributed by atoms with van der Waals surface area (Å²) in [6, 6.07) is 12.2. The number of rotatable bonds is 3. The standard InChI is InChI=1S/C17H15BrN2O3/c18-14-6-5-13-2-1-9-19(16(13)11-14)17(21)10-12-3-7-15(8-4-12)20(22)23/h3-8,11H,1-2,9-10H2. The number of nitro benzene ring substituents is 1. The van der Waals surface area contributed by atoms with Gasteiger partial charge in [-0.05, 0) is 36.1 Å². The molecule has 3 rings (SSSR count). The summed E-state index contributed by atoms with van der Waals surface area (Å²) in [6.07, 6.45) is 2.16. The molecule has 1 aliphatic heterocycles. The fraction of sp³-hybridized carbons (Fsp3) is 0.235. The molecule has 2 aromatic rings. The van der Waals surface area contributed by atoms with E-state index in [1.807, 2.05) is 23.1 Å². The summed E-state index contributed by atoms with van der Waals surface area (Å²) >= 11 is 3.45. The molecule has 1 aliphatic rings. The molecule has 0 N–H and O–H groups in total. The first-order chi connectivity index (χ1) is 11.0. The molecule has 1 heterocycles. The molecule has 6 heteroatoms. The molecule has 0 fully saturated rings. The van der Waals surface area contributed by atoms with Crippen molar-refractivity contribution in [3.63, 3.8) is 0 Å². The Kier molecular flexibility index (Phi) is 4.43. The van der Waals surface area contributed by atoms with E-state index in [0.717, 1.165) is 28.6 Å². The highest BCUT2D eigenvalue weighted by Gasteiger charge is 2.22. The average molecular weight is 375 g/mol. The van der Waals surface area contributed by atoms with Gasteiger partial charge in [0, 0.05) is 28.8 Å². The minimum Gasteiger partial charge on any atom is -0.312 e. The SMILES string of the molecule is O=C(Cc1ccc([N+](=O)[O-])cc1)N1CCCc2ccc(Br)cc21. The molecule has 0 aromatic heterocycles. The Morgan fingerprint density at radius 3 is 2.65 bits per heavy atom. The van der Waals surface area contributed by atoms with Crippen molar-refractivity contribution < 1.29 is 9.72 Å². The Bertz CT molecular complexity index is 759. The molecular weight excluding hydrogens is 360 g/mol. The first-order valence-electron chi connectivity index (χ1n) is 7.37. The first-order valence-corrected chi connectivity index (χ1v) is 8.16. The lowest BCUT2D eigenvalue weighted by atomic mass is 10.0. The number of carbonyl (C=O) groups excluding carboxylic acids is 1. The van der Waals surface area contributed by atoms with Crippen LogP contribution in [0.3, 0.4) is 0 Å². The molecule has 0 bridgehead atoms. The number of halogens is 1. The zero-order valence-corrected chi connectivity index (χ0v) is 14.0. The predicted molar refractivity (Wildman–Crippen MR) is 91.6 cm³/mol. The van der Waals surface area contributed by atoms with Crippen LogP contribution in [0.2, 0.25) is 0 Å². The molecule has 0 spiro atoms. The quantitative estimate of drug-likeness (QED) is 0.604. The van der Waals surface area contributed by atoms with Crippen molar-refractivity contribution >= 4 is 33.2 Å². The Morgan fingerprint density at radius 1 is 1.22 bits per heavy atom. The molecule has 0 saturated carbocycles. The van der Waals surface area contributed by atoms with E-state index in [4.69, 9.17) is 0 Å². The van der Waals surface area contributed by atoms with Gasteiger partial charge in [-0.1, -0.05) is 34.1 Å². The maximum absolute atomic E-state index is 12.6. The summed E-state index contributed by atoms with van der Waals surface area (Å²) in [5.74, 6) is 0.0119. The number of carbonyl (C=O) groups is 1. The molecule has 0 atom stereocenters. The molecule has 23 heavy (non-hydrogen) atoms. The monoisotopic (exact) mass is 374 g/mol. The maximum Gasteiger partial charge on any atom is 0.269 e. The van der Waals surface area contributed by atoms with Gasteiger partial charge in [-0.2, -0.15) is 0 Å². The van der Waals surface area contributed by atoms with E-state index in [1.165, 1.54) is 17.7 Å². The lowest BCUT2D eigenvalue weighted by Gasteiger charge is -2.29. The summed E-state index contributed by atoms with van der Waals surface area (Å²) in [7, 11) is 0. The van der Waals surface area contributed by atoms with Crippen LogP contribution in [-0.4, -0.2) is 17.4 Å². The van der Waals surface area contributed by atoms with Crippen molar-refractivity contribution in [1.82, 2.24) is 0 Å². The number of nitrogens with zero attached hydrogens (tertiary/aromatic N) is 2. The number of fused-ring (bicyclic) bond motifs is 1. The number of hydrogen-bond donors (Lipinski definition) is 0. The highest BCUT2D eigenvalue weighted by atomic mass is 79.9. The van der Waals surface area contributed by atoms with Gasteiger partial charge >= 0.3 is 0 Å². The number of hydrogen-bond acceptors (Lipinski definition) is 3. The van der Waals surface area contributed by atoms with Crippen LogP contribution in [0.5, 0.6) is 0 Å². The highest BCUT2D eigenvalue weighted by Crippen LogP contribution is 2.30. The Balaban J connectivity index is 1.79. The number of nitro groups is 1. The third-order valence-corrected chi connectivity index (χ3v) is 4.46. The van der Waals surface area contributed by atoms with Gasteiger partial charge in [0.15, 0.2) is 0 Å². The molecule has 0 saturated heterocycles. The molecule has 5 nitrogen and oxygen atoms in total. The molecule has 118 valence electrons. The van der Waals surface area contributed by atoms with Crippen LogP contribution >= 0.6 is 15.9 Å². The second-order valence-corrected chi connectivity index (χ2v) is 6.44. The number of aryl methyl sites for hydroxylation is 1. The van der Waals surface area contributed by atoms with Crippen LogP contribution in [0.15, 0.2) is 46.9 Å². The van der Waals surface area contributed by atoms with E-state index in [-0.39, 0.29) is 18.0 Å². The highest BCUT2D eigenvalue weighted by molar-refractivity contribution is 9.10. The fourth-order valence-corrected chi connectivity index (χ4v) is 3.16. The normalized spacial score (nSPS) is 13.5. The summed E-state index contributed by atoms with van der Waals surface area (Å²) in [6.45, 7) is 0.704. The minimum absolute atomic E-state index is 0.0119. The molecule has 0 unspecified atom stereocenters. The van der Waals surface area contributed by atoms with Crippen LogP contribution in [0.4, 0.5) is 11.4 Å². The van der Waals surface area contributed by atoms with Crippen LogP contribution in [0.1, 0.15) is 17.5 Å². The van der Waals surface area contributed by atoms with Crippen molar-refractivity contribution in [3.05, 3.63) is 68.2 Å². The predicted octanol–water partition coefficient (Wildman–Crippen LogP) is 3.88. The van der Waals surface area contributed by atoms with Crippen LogP contribution in [0, 0.1) is 10.1 Å². The van der Waals surface area contributed by atoms with E-state index >= 15 is 0 Å². The smallest absolute Gasteiger partial charge is 0.269 e. The van der Waals surface area contributed by atoms with Crippen LogP contribution in [0.25, 0.3) is 0 Å². The molecule has 0 aliphatic carbocycles. The van der Waals surface area contributed by atoms with Crippen molar-refractivity contribution in [2.24, 2.45) is 0 Å². The fourth-order valence-electron chi connectivity index (χ4n) is 2.81. The van der Waals surface area contributed by atoms with E-state index in [0.29, 0.717) is 6.54 Å². The van der Waals surface area contributed by atoms with E-state index in [9.17, 15) is 14.9 Å². The molecule has 1 amide bonds. The largest absolute Gasteiger partial charge is 0.312 e. The van der Waals surface area contributed by atoms with Gasteiger partial charge in [-0.3, -0.25) is 14.9 Å². The van der Waals surface area contributed by atoms with Crippen LogP contribution < -0.4 is 4.90 Å². The Morgan fingerprint density at radius 2 is 1.96 bits per heavy atom. The van der Waals surface area contributed by atoms with Gasteiger partial charge in [0.05, 0.1) is 11.3 Å². The van der Waals surface area contributed by atoms with Gasteiger partial charge in [0.25, 0.3) is 5.69 Å². The summed E-state index contributed by atoms with van der Waals surface area (Å²) in [5.41, 5.74) is 2.95. The van der Waals surface area contributed by atoms with Gasteiger partial charge in [0.1, 0.15) is 0 Å². The zero-order chi connectivity index (χ0) is 16.4. The van der Waals surface area contributed by atoms with E-state index in [2.05, 4.69) is 15.9 Å². The van der Waals surface area contributed by atoms with Crippen molar-refractivity contribution in [1.29, 1.82) is 0 Å². The van der Waals surface area contributed by atoms with E-state index in [1.54, 1.807) is 12.1 Å². The molecule has 2 aromatic carbocycles. The summed E-state index contributed by atoms with van der Waals surface area (Å²) in [4.78, 5) is 24.7. The lowest BCUT2D eigenvalue weighted by Crippen LogP contribution is -2.36. The number of anilines is 1. The topological polar surface area (TPSA) is 63.4 Å². The van der Waals surface area contributed by atoms with Crippen molar-refractivity contribution in [2.75, 3.05) is 11.4 Å². The van der Waals surface area contributed by atoms with E-state index < -0.39 is 4.92 Å². The maximum atomic E-state index is 12.6. The second kappa shape index (κ2) is 6.50. The van der Waals surface area contributed by atoms with Crippen molar-refractivity contribution in [2.45, 2.75) is 19.3 Å². The van der Waals surface area contributed by atoms with Gasteiger partial charge in [-0.15, -0.1) is 0 Å². The molecular formula is C17H15BrN2O3. The second-order valence-electron chi connectivity index (χ2n) is 5.52. The minimum atomic E-state index is -0.440. The number of non-ortho nitro benzene ring substituents is 1. The summed E-state index contributed by atoms with van der Waals surface area (Å²) < 4.78 is 0.950. The third-order valence-electron chi connectivity index (χ3n) is 3.97. The third kappa shape index (κ3) is 3.42. The van der Waals surface area contributed by atoms with Gasteiger partial charge in [0.2, 0.25) is 5.91 Å².